The Hall–Kier alpha value is -1.08. The van der Waals surface area contributed by atoms with Crippen LogP contribution >= 0.6 is 0 Å². The van der Waals surface area contributed by atoms with Gasteiger partial charge in [0, 0.05) is 32.3 Å². The lowest BCUT2D eigenvalue weighted by Crippen LogP contribution is -2.22. The maximum absolute atomic E-state index is 13.1. The van der Waals surface area contributed by atoms with Gasteiger partial charge in [-0.15, -0.1) is 0 Å². The van der Waals surface area contributed by atoms with E-state index in [9.17, 15) is 13.2 Å². The molecule has 7 heteroatoms. The molecular formula is C13H22F3N3O. The third-order valence-electron chi connectivity index (χ3n) is 2.90. The van der Waals surface area contributed by atoms with E-state index in [-0.39, 0.29) is 18.7 Å². The molecule has 0 radical (unpaired) electrons. The topological polar surface area (TPSA) is 39.1 Å². The molecule has 0 spiro atoms. The van der Waals surface area contributed by atoms with Crippen molar-refractivity contribution < 1.29 is 17.9 Å². The quantitative estimate of drug-likeness (QED) is 0.749. The third-order valence-corrected chi connectivity index (χ3v) is 2.90. The Morgan fingerprint density at radius 3 is 2.65 bits per heavy atom. The predicted octanol–water partition coefficient (Wildman–Crippen LogP) is 2.68. The highest BCUT2D eigenvalue weighted by molar-refractivity contribution is 5.20. The summed E-state index contributed by atoms with van der Waals surface area (Å²) >= 11 is 0. The summed E-state index contributed by atoms with van der Waals surface area (Å²) in [5.74, 6) is 0.337. The molecule has 0 aliphatic heterocycles. The van der Waals surface area contributed by atoms with Crippen molar-refractivity contribution in [3.05, 3.63) is 17.5 Å². The van der Waals surface area contributed by atoms with Crippen molar-refractivity contribution in [1.82, 2.24) is 15.1 Å². The van der Waals surface area contributed by atoms with Crippen LogP contribution in [-0.4, -0.2) is 30.0 Å². The van der Waals surface area contributed by atoms with Gasteiger partial charge in [0.05, 0.1) is 12.8 Å². The average Bonchev–Trinajstić information content (AvgIpc) is 2.75. The minimum atomic E-state index is -4.38. The maximum Gasteiger partial charge on any atom is 0.433 e. The highest BCUT2D eigenvalue weighted by Gasteiger charge is 2.37. The number of alkyl halides is 3. The average molecular weight is 293 g/mol. The molecule has 1 heterocycles. The highest BCUT2D eigenvalue weighted by Crippen LogP contribution is 2.32. The van der Waals surface area contributed by atoms with Crippen LogP contribution in [0.15, 0.2) is 6.20 Å². The standard InChI is InChI=1S/C13H22F3N3O/c1-10(2)4-6-19-12(13(14,15)16)11(9-18-19)8-17-5-7-20-3/h9-10,17H,4-8H2,1-3H3. The fourth-order valence-electron chi connectivity index (χ4n) is 1.83. The van der Waals surface area contributed by atoms with Crippen LogP contribution in [0.3, 0.4) is 0 Å². The molecule has 0 unspecified atom stereocenters. The molecule has 4 nitrogen and oxygen atoms in total. The number of halogens is 3. The van der Waals surface area contributed by atoms with Gasteiger partial charge in [0.2, 0.25) is 0 Å². The van der Waals surface area contributed by atoms with Gasteiger partial charge in [-0.2, -0.15) is 18.3 Å². The largest absolute Gasteiger partial charge is 0.433 e. The van der Waals surface area contributed by atoms with E-state index >= 15 is 0 Å². The van der Waals surface area contributed by atoms with Gasteiger partial charge in [0.25, 0.3) is 0 Å². The van der Waals surface area contributed by atoms with Gasteiger partial charge in [0.1, 0.15) is 5.69 Å². The Morgan fingerprint density at radius 2 is 2.10 bits per heavy atom. The molecule has 0 aliphatic carbocycles. The summed E-state index contributed by atoms with van der Waals surface area (Å²) in [5, 5.41) is 6.79. The summed E-state index contributed by atoms with van der Waals surface area (Å²) < 4.78 is 45.3. The zero-order chi connectivity index (χ0) is 15.2. The molecule has 1 N–H and O–H groups in total. The minimum Gasteiger partial charge on any atom is -0.383 e. The SMILES string of the molecule is COCCNCc1cnn(CCC(C)C)c1C(F)(F)F. The fraction of sp³-hybridized carbons (Fsp3) is 0.769. The Morgan fingerprint density at radius 1 is 1.40 bits per heavy atom. The number of hydrogen-bond acceptors (Lipinski definition) is 3. The second-order valence-corrected chi connectivity index (χ2v) is 5.09. The molecule has 0 saturated heterocycles. The van der Waals surface area contributed by atoms with Crippen molar-refractivity contribution in [3.63, 3.8) is 0 Å². The van der Waals surface area contributed by atoms with E-state index < -0.39 is 11.9 Å². The van der Waals surface area contributed by atoms with Crippen molar-refractivity contribution in [2.45, 2.75) is 39.5 Å². The highest BCUT2D eigenvalue weighted by atomic mass is 19.4. The van der Waals surface area contributed by atoms with Crippen LogP contribution in [0.5, 0.6) is 0 Å². The summed E-state index contributed by atoms with van der Waals surface area (Å²) in [7, 11) is 1.55. The monoisotopic (exact) mass is 293 g/mol. The van der Waals surface area contributed by atoms with Gasteiger partial charge < -0.3 is 10.1 Å². The lowest BCUT2D eigenvalue weighted by molar-refractivity contribution is -0.145. The fourth-order valence-corrected chi connectivity index (χ4v) is 1.83. The van der Waals surface area contributed by atoms with Crippen molar-refractivity contribution in [1.29, 1.82) is 0 Å². The maximum atomic E-state index is 13.1. The molecular weight excluding hydrogens is 271 g/mol. The molecule has 1 aromatic rings. The second-order valence-electron chi connectivity index (χ2n) is 5.09. The Labute approximate surface area is 117 Å². The number of aromatic nitrogens is 2. The molecule has 0 aliphatic rings. The molecule has 0 aromatic carbocycles. The van der Waals surface area contributed by atoms with Gasteiger partial charge in [0.15, 0.2) is 0 Å². The molecule has 0 atom stereocenters. The van der Waals surface area contributed by atoms with E-state index in [0.717, 1.165) is 4.68 Å². The van der Waals surface area contributed by atoms with Crippen LogP contribution in [0.1, 0.15) is 31.5 Å². The van der Waals surface area contributed by atoms with Crippen LogP contribution in [0, 0.1) is 5.92 Å². The van der Waals surface area contributed by atoms with E-state index in [1.807, 2.05) is 13.8 Å². The van der Waals surface area contributed by atoms with Gasteiger partial charge >= 0.3 is 6.18 Å². The van der Waals surface area contributed by atoms with E-state index in [2.05, 4.69) is 10.4 Å². The number of rotatable bonds is 8. The molecule has 0 bridgehead atoms. The van der Waals surface area contributed by atoms with Crippen molar-refractivity contribution >= 4 is 0 Å². The number of hydrogen-bond donors (Lipinski definition) is 1. The minimum absolute atomic E-state index is 0.139. The van der Waals surface area contributed by atoms with E-state index in [4.69, 9.17) is 4.74 Å². The molecule has 20 heavy (non-hydrogen) atoms. The summed E-state index contributed by atoms with van der Waals surface area (Å²) in [4.78, 5) is 0. The number of ether oxygens (including phenoxy) is 1. The predicted molar refractivity (Wildman–Crippen MR) is 70.3 cm³/mol. The van der Waals surface area contributed by atoms with Crippen LogP contribution in [0.4, 0.5) is 13.2 Å². The van der Waals surface area contributed by atoms with Gasteiger partial charge in [-0.3, -0.25) is 4.68 Å². The van der Waals surface area contributed by atoms with Crippen LogP contribution < -0.4 is 5.32 Å². The van der Waals surface area contributed by atoms with Crippen LogP contribution in [-0.2, 0) is 24.0 Å². The second kappa shape index (κ2) is 7.64. The number of methoxy groups -OCH3 is 1. The zero-order valence-corrected chi connectivity index (χ0v) is 12.1. The van der Waals surface area contributed by atoms with Gasteiger partial charge in [-0.05, 0) is 12.3 Å². The number of nitrogens with one attached hydrogen (secondary N) is 1. The first-order valence-electron chi connectivity index (χ1n) is 6.67. The molecule has 0 saturated carbocycles. The first-order valence-corrected chi connectivity index (χ1v) is 6.67. The first kappa shape index (κ1) is 17.0. The third kappa shape index (κ3) is 5.13. The van der Waals surface area contributed by atoms with Crippen LogP contribution in [0.2, 0.25) is 0 Å². The van der Waals surface area contributed by atoms with Gasteiger partial charge in [-0.25, -0.2) is 0 Å². The summed E-state index contributed by atoms with van der Waals surface area (Å²) in [6, 6.07) is 0. The summed E-state index contributed by atoms with van der Waals surface area (Å²) in [6.07, 6.45) is -2.42. The Bertz CT molecular complexity index is 402. The Balaban J connectivity index is 2.78. The number of nitrogens with zero attached hydrogens (tertiary/aromatic N) is 2. The van der Waals surface area contributed by atoms with Crippen molar-refractivity contribution in [2.75, 3.05) is 20.3 Å². The van der Waals surface area contributed by atoms with Crippen LogP contribution in [0.25, 0.3) is 0 Å². The molecule has 1 rings (SSSR count). The van der Waals surface area contributed by atoms with E-state index in [0.29, 0.717) is 25.5 Å². The lowest BCUT2D eigenvalue weighted by atomic mass is 10.1. The lowest BCUT2D eigenvalue weighted by Gasteiger charge is -2.14. The summed E-state index contributed by atoms with van der Waals surface area (Å²) in [5.41, 5.74) is -0.472. The smallest absolute Gasteiger partial charge is 0.383 e. The molecule has 116 valence electrons. The molecule has 1 aromatic heterocycles. The van der Waals surface area contributed by atoms with Crippen molar-refractivity contribution in [2.24, 2.45) is 5.92 Å². The normalized spacial score (nSPS) is 12.3. The van der Waals surface area contributed by atoms with Gasteiger partial charge in [-0.1, -0.05) is 13.8 Å². The first-order chi connectivity index (χ1) is 9.36. The molecule has 0 amide bonds. The van der Waals surface area contributed by atoms with E-state index in [1.165, 1.54) is 6.20 Å². The summed E-state index contributed by atoms with van der Waals surface area (Å²) in [6.45, 7) is 5.34. The molecule has 0 fully saturated rings. The Kier molecular flexibility index (Phi) is 6.48. The number of aryl methyl sites for hydroxylation is 1. The zero-order valence-electron chi connectivity index (χ0n) is 12.1. The van der Waals surface area contributed by atoms with Crippen molar-refractivity contribution in [3.8, 4) is 0 Å². The van der Waals surface area contributed by atoms with E-state index in [1.54, 1.807) is 7.11 Å².